The highest BCUT2D eigenvalue weighted by Crippen LogP contribution is 2.73. The van der Waals surface area contributed by atoms with Gasteiger partial charge in [-0.05, 0) is 25.7 Å². The Morgan fingerprint density at radius 3 is 1.29 bits per heavy atom. The van der Waals surface area contributed by atoms with Crippen LogP contribution in [0.2, 0.25) is 0 Å². The second-order valence-corrected chi connectivity index (χ2v) is 9.91. The molecule has 0 aromatic heterocycles. The van der Waals surface area contributed by atoms with E-state index in [0.29, 0.717) is 12.8 Å². The van der Waals surface area contributed by atoms with Gasteiger partial charge in [-0.2, -0.15) is 0 Å². The Balaban J connectivity index is 5.29. The van der Waals surface area contributed by atoms with Crippen LogP contribution in [-0.2, 0) is 27.2 Å². The summed E-state index contributed by atoms with van der Waals surface area (Å²) in [6, 6.07) is 0. The van der Waals surface area contributed by atoms with E-state index < -0.39 is 15.2 Å². The summed E-state index contributed by atoms with van der Waals surface area (Å²) < 4.78 is 48.0. The third kappa shape index (κ3) is 8.42. The first kappa shape index (κ1) is 24.0. The Morgan fingerprint density at radius 2 is 1.00 bits per heavy atom. The SMILES string of the molecule is C=C(P(=O)(OCCC)OCCC)P(=O)(OCCCC)OCCCC. The second-order valence-electron chi connectivity index (χ2n) is 5.45. The van der Waals surface area contributed by atoms with E-state index in [1.165, 1.54) is 0 Å². The third-order valence-corrected chi connectivity index (χ3v) is 7.91. The van der Waals surface area contributed by atoms with Crippen LogP contribution < -0.4 is 0 Å². The molecule has 0 atom stereocenters. The van der Waals surface area contributed by atoms with Gasteiger partial charge in [0.05, 0.1) is 26.4 Å². The summed E-state index contributed by atoms with van der Waals surface area (Å²) in [7, 11) is -7.55. The minimum absolute atomic E-state index is 0.191. The van der Waals surface area contributed by atoms with Crippen LogP contribution in [0.15, 0.2) is 11.6 Å². The zero-order valence-electron chi connectivity index (χ0n) is 15.6. The molecule has 0 amide bonds. The lowest BCUT2D eigenvalue weighted by Crippen LogP contribution is -2.06. The number of rotatable bonds is 16. The molecule has 6 nitrogen and oxygen atoms in total. The molecule has 0 aliphatic carbocycles. The average molecular weight is 384 g/mol. The number of hydrogen-bond acceptors (Lipinski definition) is 6. The number of unbranched alkanes of at least 4 members (excludes halogenated alkanes) is 2. The van der Waals surface area contributed by atoms with Crippen LogP contribution in [0.5, 0.6) is 0 Å². The molecule has 0 aromatic carbocycles. The van der Waals surface area contributed by atoms with Gasteiger partial charge in [-0.3, -0.25) is 9.13 Å². The van der Waals surface area contributed by atoms with Gasteiger partial charge in [0.15, 0.2) is 0 Å². The Labute approximate surface area is 147 Å². The topological polar surface area (TPSA) is 71.1 Å². The molecule has 0 N–H and O–H groups in total. The van der Waals surface area contributed by atoms with Crippen LogP contribution in [0, 0.1) is 0 Å². The van der Waals surface area contributed by atoms with E-state index in [1.807, 2.05) is 27.7 Å². The molecular weight excluding hydrogens is 350 g/mol. The lowest BCUT2D eigenvalue weighted by molar-refractivity contribution is 0.196. The largest absolute Gasteiger partial charge is 0.368 e. The molecule has 0 fully saturated rings. The van der Waals surface area contributed by atoms with Crippen molar-refractivity contribution in [3.8, 4) is 0 Å². The molecule has 24 heavy (non-hydrogen) atoms. The molecule has 0 saturated heterocycles. The molecule has 0 aliphatic rings. The highest BCUT2D eigenvalue weighted by molar-refractivity contribution is 7.78. The molecule has 8 heteroatoms. The Hall–Kier alpha value is 0.0400. The smallest absolute Gasteiger partial charge is 0.305 e. The van der Waals surface area contributed by atoms with Crippen molar-refractivity contribution >= 4 is 15.2 Å². The molecule has 0 heterocycles. The van der Waals surface area contributed by atoms with Crippen molar-refractivity contribution in [1.29, 1.82) is 0 Å². The van der Waals surface area contributed by atoms with Crippen LogP contribution in [0.4, 0.5) is 0 Å². The molecule has 0 aliphatic heterocycles. The normalized spacial score (nSPS) is 12.5. The van der Waals surface area contributed by atoms with Crippen molar-refractivity contribution in [3.05, 3.63) is 11.6 Å². The van der Waals surface area contributed by atoms with Gasteiger partial charge >= 0.3 is 15.2 Å². The predicted octanol–water partition coefficient (Wildman–Crippen LogP) is 6.33. The van der Waals surface area contributed by atoms with Crippen molar-refractivity contribution < 1.29 is 27.2 Å². The first-order valence-corrected chi connectivity index (χ1v) is 12.0. The van der Waals surface area contributed by atoms with Crippen LogP contribution >= 0.6 is 15.2 Å². The average Bonchev–Trinajstić information content (AvgIpc) is 2.58. The molecule has 0 saturated carbocycles. The summed E-state index contributed by atoms with van der Waals surface area (Å²) in [6.45, 7) is 12.5. The Morgan fingerprint density at radius 1 is 0.667 bits per heavy atom. The van der Waals surface area contributed by atoms with Gasteiger partial charge in [-0.25, -0.2) is 0 Å². The first-order chi connectivity index (χ1) is 11.4. The minimum atomic E-state index is -3.78. The van der Waals surface area contributed by atoms with Crippen LogP contribution in [0.1, 0.15) is 66.2 Å². The third-order valence-electron chi connectivity index (χ3n) is 3.08. The van der Waals surface area contributed by atoms with Gasteiger partial charge in [-0.15, -0.1) is 0 Å². The first-order valence-electron chi connectivity index (χ1n) is 8.88. The molecule has 0 unspecified atom stereocenters. The maximum atomic E-state index is 13.2. The summed E-state index contributed by atoms with van der Waals surface area (Å²) in [4.78, 5) is 0. The van der Waals surface area contributed by atoms with Gasteiger partial charge in [0.25, 0.3) is 0 Å². The summed E-state index contributed by atoms with van der Waals surface area (Å²) in [5.41, 5.74) is 0. The van der Waals surface area contributed by atoms with E-state index in [4.69, 9.17) is 18.1 Å². The second kappa shape index (κ2) is 13.3. The molecule has 0 aromatic rings. The highest BCUT2D eigenvalue weighted by Gasteiger charge is 2.44. The van der Waals surface area contributed by atoms with Crippen molar-refractivity contribution in [1.82, 2.24) is 0 Å². The maximum absolute atomic E-state index is 13.2. The Bertz CT molecular complexity index is 412. The van der Waals surface area contributed by atoms with Crippen molar-refractivity contribution in [2.45, 2.75) is 66.2 Å². The van der Waals surface area contributed by atoms with Gasteiger partial charge in [0.2, 0.25) is 0 Å². The van der Waals surface area contributed by atoms with E-state index >= 15 is 0 Å². The van der Waals surface area contributed by atoms with E-state index in [9.17, 15) is 9.13 Å². The zero-order valence-corrected chi connectivity index (χ0v) is 17.4. The monoisotopic (exact) mass is 384 g/mol. The van der Waals surface area contributed by atoms with Crippen molar-refractivity contribution in [2.24, 2.45) is 0 Å². The van der Waals surface area contributed by atoms with Gasteiger partial charge in [0, 0.05) is 0 Å². The van der Waals surface area contributed by atoms with Crippen LogP contribution in [-0.4, -0.2) is 26.4 Å². The van der Waals surface area contributed by atoms with Crippen molar-refractivity contribution in [3.63, 3.8) is 0 Å². The minimum Gasteiger partial charge on any atom is -0.305 e. The lowest BCUT2D eigenvalue weighted by Gasteiger charge is -2.26. The zero-order chi connectivity index (χ0) is 18.5. The quantitative estimate of drug-likeness (QED) is 0.229. The highest BCUT2D eigenvalue weighted by atomic mass is 31.2. The summed E-state index contributed by atoms with van der Waals surface area (Å²) >= 11 is 0. The standard InChI is InChI=1S/C16H34O6P2/c1-6-10-14-21-24(18,22-15-11-7-2)16(5)23(17,19-12-8-3)20-13-9-4/h5-15H2,1-4H3. The van der Waals surface area contributed by atoms with Gasteiger partial charge < -0.3 is 18.1 Å². The lowest BCUT2D eigenvalue weighted by atomic mass is 10.4. The fourth-order valence-corrected chi connectivity index (χ4v) is 5.83. The van der Waals surface area contributed by atoms with E-state index in [0.717, 1.165) is 25.7 Å². The molecule has 0 radical (unpaired) electrons. The molecule has 0 bridgehead atoms. The Kier molecular flexibility index (Phi) is 13.3. The predicted molar refractivity (Wildman–Crippen MR) is 98.6 cm³/mol. The van der Waals surface area contributed by atoms with E-state index in [-0.39, 0.29) is 31.5 Å². The summed E-state index contributed by atoms with van der Waals surface area (Å²) in [6.07, 6.45) is 4.54. The maximum Gasteiger partial charge on any atom is 0.368 e. The fourth-order valence-electron chi connectivity index (χ4n) is 1.60. The molecule has 144 valence electrons. The van der Waals surface area contributed by atoms with Gasteiger partial charge in [-0.1, -0.05) is 47.1 Å². The molecule has 0 rings (SSSR count). The summed E-state index contributed by atoms with van der Waals surface area (Å²) in [5.74, 6) is 0. The van der Waals surface area contributed by atoms with Crippen LogP contribution in [0.3, 0.4) is 0 Å². The van der Waals surface area contributed by atoms with E-state index in [2.05, 4.69) is 6.58 Å². The molecule has 0 spiro atoms. The van der Waals surface area contributed by atoms with E-state index in [1.54, 1.807) is 0 Å². The fraction of sp³-hybridized carbons (Fsp3) is 0.875. The summed E-state index contributed by atoms with van der Waals surface area (Å²) in [5, 5.41) is -0.191. The number of hydrogen-bond donors (Lipinski definition) is 0. The van der Waals surface area contributed by atoms with Crippen LogP contribution in [0.25, 0.3) is 0 Å². The molecular formula is C16H34O6P2. The van der Waals surface area contributed by atoms with Crippen molar-refractivity contribution in [2.75, 3.05) is 26.4 Å². The van der Waals surface area contributed by atoms with Gasteiger partial charge in [0.1, 0.15) is 5.06 Å².